The Morgan fingerprint density at radius 1 is 0.964 bits per heavy atom. The molecule has 0 unspecified atom stereocenters. The quantitative estimate of drug-likeness (QED) is 0.602. The summed E-state index contributed by atoms with van der Waals surface area (Å²) in [4.78, 5) is 52.3. The Morgan fingerprint density at radius 2 is 1.57 bits per heavy atom. The molecule has 3 rings (SSSR count). The van der Waals surface area contributed by atoms with Gasteiger partial charge in [-0.1, -0.05) is 22.0 Å². The maximum Gasteiger partial charge on any atom is 0.242 e. The van der Waals surface area contributed by atoms with Gasteiger partial charge in [0, 0.05) is 43.5 Å². The van der Waals surface area contributed by atoms with Crippen LogP contribution in [0.1, 0.15) is 19.3 Å². The minimum Gasteiger partial charge on any atom is -0.493 e. The molecule has 0 N–H and O–H groups in total. The van der Waals surface area contributed by atoms with Crippen LogP contribution in [0, 0.1) is 0 Å². The molecule has 2 heterocycles. The summed E-state index contributed by atoms with van der Waals surface area (Å²) in [6.07, 6.45) is 0.615. The number of halogens is 1. The Labute approximate surface area is 171 Å². The van der Waals surface area contributed by atoms with E-state index in [1.807, 2.05) is 24.3 Å². The highest BCUT2D eigenvalue weighted by Crippen LogP contribution is 2.18. The number of imide groups is 1. The van der Waals surface area contributed by atoms with Gasteiger partial charge in [0.1, 0.15) is 12.3 Å². The normalized spacial score (nSPS) is 17.2. The molecule has 0 spiro atoms. The average Bonchev–Trinajstić information content (AvgIpc) is 3.00. The van der Waals surface area contributed by atoms with Gasteiger partial charge in [-0.15, -0.1) is 0 Å². The van der Waals surface area contributed by atoms with Crippen LogP contribution in [0.4, 0.5) is 0 Å². The number of ether oxygens (including phenoxy) is 1. The van der Waals surface area contributed by atoms with E-state index in [2.05, 4.69) is 15.9 Å². The second-order valence-corrected chi connectivity index (χ2v) is 7.61. The van der Waals surface area contributed by atoms with Crippen LogP contribution in [0.2, 0.25) is 0 Å². The van der Waals surface area contributed by atoms with Gasteiger partial charge in [-0.05, 0) is 18.2 Å². The number of amides is 4. The molecule has 0 atom stereocenters. The molecule has 2 aliphatic rings. The Kier molecular flexibility index (Phi) is 6.66. The summed E-state index contributed by atoms with van der Waals surface area (Å²) in [5.41, 5.74) is 0. The van der Waals surface area contributed by atoms with Gasteiger partial charge < -0.3 is 14.5 Å². The van der Waals surface area contributed by atoms with E-state index in [9.17, 15) is 19.2 Å². The SMILES string of the molecule is O=C(CCOc1cccc(Br)c1)N1CCN(C(=O)CN2C(=O)CCC2=O)CC1. The molecular formula is C19H22BrN3O5. The van der Waals surface area contributed by atoms with Gasteiger partial charge >= 0.3 is 0 Å². The first-order chi connectivity index (χ1) is 13.4. The molecule has 0 aromatic heterocycles. The highest BCUT2D eigenvalue weighted by atomic mass is 79.9. The monoisotopic (exact) mass is 451 g/mol. The fraction of sp³-hybridized carbons (Fsp3) is 0.474. The van der Waals surface area contributed by atoms with Crippen LogP contribution in [-0.4, -0.2) is 77.7 Å². The molecule has 2 aliphatic heterocycles. The number of hydrogen-bond donors (Lipinski definition) is 0. The van der Waals surface area contributed by atoms with Crippen LogP contribution in [0.3, 0.4) is 0 Å². The van der Waals surface area contributed by atoms with Crippen LogP contribution in [0.5, 0.6) is 5.75 Å². The number of rotatable bonds is 6. The molecule has 0 aliphatic carbocycles. The van der Waals surface area contributed by atoms with E-state index in [1.165, 1.54) is 0 Å². The molecule has 0 radical (unpaired) electrons. The molecule has 0 saturated carbocycles. The topological polar surface area (TPSA) is 87.2 Å². The van der Waals surface area contributed by atoms with Crippen LogP contribution in [-0.2, 0) is 19.2 Å². The van der Waals surface area contributed by atoms with Crippen molar-refractivity contribution >= 4 is 39.6 Å². The number of likely N-dealkylation sites (tertiary alicyclic amines) is 1. The maximum atomic E-state index is 12.3. The number of hydrogen-bond acceptors (Lipinski definition) is 5. The van der Waals surface area contributed by atoms with Crippen LogP contribution < -0.4 is 4.74 Å². The van der Waals surface area contributed by atoms with E-state index < -0.39 is 0 Å². The van der Waals surface area contributed by atoms with Gasteiger partial charge in [-0.2, -0.15) is 0 Å². The van der Waals surface area contributed by atoms with Crippen molar-refractivity contribution in [3.63, 3.8) is 0 Å². The van der Waals surface area contributed by atoms with Crippen molar-refractivity contribution in [1.29, 1.82) is 0 Å². The lowest BCUT2D eigenvalue weighted by Crippen LogP contribution is -2.53. The summed E-state index contributed by atoms with van der Waals surface area (Å²) in [6, 6.07) is 7.43. The largest absolute Gasteiger partial charge is 0.493 e. The number of carbonyl (C=O) groups is 4. The zero-order valence-corrected chi connectivity index (χ0v) is 17.0. The molecule has 150 valence electrons. The molecule has 2 fully saturated rings. The highest BCUT2D eigenvalue weighted by molar-refractivity contribution is 9.10. The Bertz CT molecular complexity index is 761. The highest BCUT2D eigenvalue weighted by Gasteiger charge is 2.32. The first kappa shape index (κ1) is 20.3. The summed E-state index contributed by atoms with van der Waals surface area (Å²) in [7, 11) is 0. The molecule has 9 heteroatoms. The average molecular weight is 452 g/mol. The molecule has 28 heavy (non-hydrogen) atoms. The van der Waals surface area contributed by atoms with Crippen molar-refractivity contribution in [2.45, 2.75) is 19.3 Å². The first-order valence-electron chi connectivity index (χ1n) is 9.21. The van der Waals surface area contributed by atoms with E-state index in [4.69, 9.17) is 4.74 Å². The van der Waals surface area contributed by atoms with Crippen molar-refractivity contribution < 1.29 is 23.9 Å². The predicted molar refractivity (Wildman–Crippen MR) is 103 cm³/mol. The van der Waals surface area contributed by atoms with Gasteiger partial charge in [0.25, 0.3) is 0 Å². The van der Waals surface area contributed by atoms with Crippen molar-refractivity contribution in [2.75, 3.05) is 39.3 Å². The molecule has 1 aromatic carbocycles. The van der Waals surface area contributed by atoms with Crippen LogP contribution >= 0.6 is 15.9 Å². The van der Waals surface area contributed by atoms with E-state index in [0.29, 0.717) is 31.9 Å². The summed E-state index contributed by atoms with van der Waals surface area (Å²) < 4.78 is 6.50. The van der Waals surface area contributed by atoms with Crippen molar-refractivity contribution in [2.24, 2.45) is 0 Å². The summed E-state index contributed by atoms with van der Waals surface area (Å²) in [5, 5.41) is 0. The van der Waals surface area contributed by atoms with Gasteiger partial charge in [0.2, 0.25) is 23.6 Å². The van der Waals surface area contributed by atoms with E-state index >= 15 is 0 Å². The lowest BCUT2D eigenvalue weighted by Gasteiger charge is -2.35. The molecule has 0 bridgehead atoms. The second-order valence-electron chi connectivity index (χ2n) is 6.69. The zero-order valence-electron chi connectivity index (χ0n) is 15.4. The third kappa shape index (κ3) is 5.09. The number of piperazine rings is 1. The standard InChI is InChI=1S/C19H22BrN3O5/c20-14-2-1-3-15(12-14)28-11-6-16(24)21-7-9-22(10-8-21)19(27)13-23-17(25)4-5-18(23)26/h1-3,12H,4-11,13H2. The Balaban J connectivity index is 1.39. The first-order valence-corrected chi connectivity index (χ1v) is 10.0. The fourth-order valence-corrected chi connectivity index (χ4v) is 3.59. The summed E-state index contributed by atoms with van der Waals surface area (Å²) >= 11 is 3.37. The number of benzene rings is 1. The fourth-order valence-electron chi connectivity index (χ4n) is 3.21. The van der Waals surface area contributed by atoms with Gasteiger partial charge in [-0.3, -0.25) is 24.1 Å². The molecule has 4 amide bonds. The molecule has 2 saturated heterocycles. The summed E-state index contributed by atoms with van der Waals surface area (Å²) in [5.74, 6) is -0.167. The van der Waals surface area contributed by atoms with Gasteiger partial charge in [-0.25, -0.2) is 0 Å². The summed E-state index contributed by atoms with van der Waals surface area (Å²) in [6.45, 7) is 1.74. The second kappa shape index (κ2) is 9.18. The minimum atomic E-state index is -0.294. The third-order valence-electron chi connectivity index (χ3n) is 4.81. The van der Waals surface area contributed by atoms with Crippen LogP contribution in [0.15, 0.2) is 28.7 Å². The van der Waals surface area contributed by atoms with Gasteiger partial charge in [0.05, 0.1) is 13.0 Å². The smallest absolute Gasteiger partial charge is 0.242 e. The lowest BCUT2D eigenvalue weighted by atomic mass is 10.2. The Hall–Kier alpha value is -2.42. The zero-order chi connectivity index (χ0) is 20.1. The minimum absolute atomic E-state index is 0.0213. The van der Waals surface area contributed by atoms with Crippen LogP contribution in [0.25, 0.3) is 0 Å². The van der Waals surface area contributed by atoms with E-state index in [-0.39, 0.29) is 56.0 Å². The Morgan fingerprint density at radius 3 is 2.18 bits per heavy atom. The van der Waals surface area contributed by atoms with Crippen molar-refractivity contribution in [3.8, 4) is 5.75 Å². The molecular weight excluding hydrogens is 430 g/mol. The number of nitrogens with zero attached hydrogens (tertiary/aromatic N) is 3. The predicted octanol–water partition coefficient (Wildman–Crippen LogP) is 1.04. The third-order valence-corrected chi connectivity index (χ3v) is 5.31. The number of carbonyl (C=O) groups excluding carboxylic acids is 4. The molecule has 1 aromatic rings. The van der Waals surface area contributed by atoms with E-state index in [0.717, 1.165) is 9.37 Å². The van der Waals surface area contributed by atoms with Crippen molar-refractivity contribution in [1.82, 2.24) is 14.7 Å². The van der Waals surface area contributed by atoms with E-state index in [1.54, 1.807) is 9.80 Å². The van der Waals surface area contributed by atoms with Gasteiger partial charge in [0.15, 0.2) is 0 Å². The lowest BCUT2D eigenvalue weighted by molar-refractivity contribution is -0.147. The maximum absolute atomic E-state index is 12.3. The molecule has 8 nitrogen and oxygen atoms in total. The van der Waals surface area contributed by atoms with Crippen molar-refractivity contribution in [3.05, 3.63) is 28.7 Å².